The molecule has 0 radical (unpaired) electrons. The summed E-state index contributed by atoms with van der Waals surface area (Å²) in [5.41, 5.74) is -0.175. The number of carbonyl (C=O) groups excluding carboxylic acids is 1. The van der Waals surface area contributed by atoms with Crippen LogP contribution in [-0.2, 0) is 4.79 Å². The topological polar surface area (TPSA) is 69.4 Å². The molecule has 0 aromatic heterocycles. The largest absolute Gasteiger partial charge is 0.419 e. The molecule has 0 atom stereocenters. The number of para-hydroxylation sites is 2. The van der Waals surface area contributed by atoms with E-state index in [9.17, 15) is 14.9 Å². The molecule has 0 unspecified atom stereocenters. The molecule has 1 aliphatic carbocycles. The van der Waals surface area contributed by atoms with Crippen LogP contribution in [-0.4, -0.2) is 10.9 Å². The Labute approximate surface area is 85.8 Å². The molecule has 5 heteroatoms. The van der Waals surface area contributed by atoms with Gasteiger partial charge in [0.05, 0.1) is 10.8 Å². The van der Waals surface area contributed by atoms with Crippen LogP contribution >= 0.6 is 0 Å². The Balaban J connectivity index is 2.19. The van der Waals surface area contributed by atoms with Gasteiger partial charge in [0.2, 0.25) is 5.75 Å². The molecule has 2 rings (SSSR count). The fourth-order valence-corrected chi connectivity index (χ4v) is 1.21. The van der Waals surface area contributed by atoms with Crippen molar-refractivity contribution in [1.82, 2.24) is 0 Å². The van der Waals surface area contributed by atoms with Crippen molar-refractivity contribution < 1.29 is 14.5 Å². The molecule has 1 saturated carbocycles. The van der Waals surface area contributed by atoms with Crippen LogP contribution in [0.4, 0.5) is 5.69 Å². The summed E-state index contributed by atoms with van der Waals surface area (Å²) < 4.78 is 4.95. The molecule has 1 aromatic rings. The van der Waals surface area contributed by atoms with Gasteiger partial charge in [0, 0.05) is 6.07 Å². The summed E-state index contributed by atoms with van der Waals surface area (Å²) in [5, 5.41) is 10.6. The minimum absolute atomic E-state index is 0.0272. The summed E-state index contributed by atoms with van der Waals surface area (Å²) in [6.07, 6.45) is 1.64. The second-order valence-electron chi connectivity index (χ2n) is 3.42. The lowest BCUT2D eigenvalue weighted by atomic mass is 10.3. The molecule has 1 fully saturated rings. The van der Waals surface area contributed by atoms with Gasteiger partial charge < -0.3 is 4.74 Å². The third-order valence-corrected chi connectivity index (χ3v) is 2.18. The molecule has 0 spiro atoms. The first kappa shape index (κ1) is 9.64. The Morgan fingerprint density at radius 1 is 1.40 bits per heavy atom. The molecule has 0 bridgehead atoms. The van der Waals surface area contributed by atoms with Crippen molar-refractivity contribution in [2.45, 2.75) is 12.8 Å². The van der Waals surface area contributed by atoms with Crippen LogP contribution in [0.2, 0.25) is 0 Å². The van der Waals surface area contributed by atoms with Gasteiger partial charge in [-0.3, -0.25) is 14.9 Å². The highest BCUT2D eigenvalue weighted by molar-refractivity contribution is 5.78. The van der Waals surface area contributed by atoms with Crippen LogP contribution in [0, 0.1) is 16.0 Å². The van der Waals surface area contributed by atoms with E-state index in [-0.39, 0.29) is 23.3 Å². The van der Waals surface area contributed by atoms with Crippen LogP contribution in [0.3, 0.4) is 0 Å². The average Bonchev–Trinajstić information content (AvgIpc) is 3.01. The smallest absolute Gasteiger partial charge is 0.314 e. The summed E-state index contributed by atoms with van der Waals surface area (Å²) in [7, 11) is 0. The lowest BCUT2D eigenvalue weighted by Gasteiger charge is -2.02. The molecular formula is C10H9NO4. The number of esters is 1. The van der Waals surface area contributed by atoms with Gasteiger partial charge in [-0.05, 0) is 18.9 Å². The number of ether oxygens (including phenoxy) is 1. The molecule has 0 heterocycles. The average molecular weight is 207 g/mol. The predicted molar refractivity (Wildman–Crippen MR) is 51.5 cm³/mol. The van der Waals surface area contributed by atoms with Crippen molar-refractivity contribution in [1.29, 1.82) is 0 Å². The van der Waals surface area contributed by atoms with Gasteiger partial charge in [-0.1, -0.05) is 12.1 Å². The Morgan fingerprint density at radius 2 is 2.07 bits per heavy atom. The Morgan fingerprint density at radius 3 is 2.67 bits per heavy atom. The van der Waals surface area contributed by atoms with Crippen molar-refractivity contribution in [2.75, 3.05) is 0 Å². The van der Waals surface area contributed by atoms with Gasteiger partial charge in [0.15, 0.2) is 0 Å². The minimum Gasteiger partial charge on any atom is -0.419 e. The van der Waals surface area contributed by atoms with Gasteiger partial charge in [0.25, 0.3) is 0 Å². The molecule has 1 aromatic carbocycles. The molecule has 78 valence electrons. The lowest BCUT2D eigenvalue weighted by Crippen LogP contribution is -2.10. The van der Waals surface area contributed by atoms with Gasteiger partial charge in [-0.15, -0.1) is 0 Å². The highest BCUT2D eigenvalue weighted by Gasteiger charge is 2.32. The number of nitro groups is 1. The summed E-state index contributed by atoms with van der Waals surface area (Å²) in [4.78, 5) is 21.3. The van der Waals surface area contributed by atoms with E-state index in [1.165, 1.54) is 18.2 Å². The molecule has 5 nitrogen and oxygen atoms in total. The fourth-order valence-electron chi connectivity index (χ4n) is 1.21. The molecule has 0 saturated heterocycles. The Bertz CT molecular complexity index is 412. The van der Waals surface area contributed by atoms with E-state index in [0.717, 1.165) is 12.8 Å². The molecule has 0 N–H and O–H groups in total. The van der Waals surface area contributed by atoms with Crippen molar-refractivity contribution in [3.05, 3.63) is 34.4 Å². The first-order chi connectivity index (χ1) is 7.18. The maximum absolute atomic E-state index is 11.3. The first-order valence-electron chi connectivity index (χ1n) is 4.63. The second-order valence-corrected chi connectivity index (χ2v) is 3.42. The van der Waals surface area contributed by atoms with Crippen molar-refractivity contribution in [3.63, 3.8) is 0 Å². The summed E-state index contributed by atoms with van der Waals surface area (Å²) in [6, 6.07) is 5.88. The normalized spacial score (nSPS) is 14.7. The molecule has 15 heavy (non-hydrogen) atoms. The van der Waals surface area contributed by atoms with Crippen LogP contribution in [0.1, 0.15) is 12.8 Å². The number of hydrogen-bond donors (Lipinski definition) is 0. The number of nitro benzene ring substituents is 1. The Hall–Kier alpha value is -1.91. The van der Waals surface area contributed by atoms with E-state index >= 15 is 0 Å². The van der Waals surface area contributed by atoms with E-state index < -0.39 is 4.92 Å². The summed E-state index contributed by atoms with van der Waals surface area (Å²) >= 11 is 0. The predicted octanol–water partition coefficient (Wildman–Crippen LogP) is 1.91. The van der Waals surface area contributed by atoms with Gasteiger partial charge >= 0.3 is 11.7 Å². The van der Waals surface area contributed by atoms with Crippen LogP contribution in [0.15, 0.2) is 24.3 Å². The van der Waals surface area contributed by atoms with Crippen molar-refractivity contribution in [2.24, 2.45) is 5.92 Å². The standard InChI is InChI=1S/C10H9NO4/c12-10(7-5-6-7)15-9-4-2-1-3-8(9)11(13)14/h1-4,7H,5-6H2. The zero-order valence-corrected chi connectivity index (χ0v) is 7.88. The van der Waals surface area contributed by atoms with E-state index in [1.54, 1.807) is 6.07 Å². The van der Waals surface area contributed by atoms with E-state index in [0.29, 0.717) is 0 Å². The minimum atomic E-state index is -0.560. The molecule has 0 aliphatic heterocycles. The highest BCUT2D eigenvalue weighted by atomic mass is 16.6. The van der Waals surface area contributed by atoms with Crippen molar-refractivity contribution in [3.8, 4) is 5.75 Å². The van der Waals surface area contributed by atoms with Gasteiger partial charge in [-0.25, -0.2) is 0 Å². The number of rotatable bonds is 3. The molecular weight excluding hydrogens is 198 g/mol. The van der Waals surface area contributed by atoms with Gasteiger partial charge in [-0.2, -0.15) is 0 Å². The molecule has 0 amide bonds. The Kier molecular flexibility index (Phi) is 2.37. The zero-order valence-electron chi connectivity index (χ0n) is 7.88. The zero-order chi connectivity index (χ0) is 10.8. The van der Waals surface area contributed by atoms with E-state index in [2.05, 4.69) is 0 Å². The second kappa shape index (κ2) is 3.68. The fraction of sp³-hybridized carbons (Fsp3) is 0.300. The number of carbonyl (C=O) groups is 1. The van der Waals surface area contributed by atoms with E-state index in [4.69, 9.17) is 4.74 Å². The lowest BCUT2D eigenvalue weighted by molar-refractivity contribution is -0.385. The van der Waals surface area contributed by atoms with Crippen molar-refractivity contribution >= 4 is 11.7 Å². The number of nitrogens with zero attached hydrogens (tertiary/aromatic N) is 1. The number of hydrogen-bond acceptors (Lipinski definition) is 4. The third-order valence-electron chi connectivity index (χ3n) is 2.18. The first-order valence-corrected chi connectivity index (χ1v) is 4.63. The molecule has 1 aliphatic rings. The maximum atomic E-state index is 11.3. The monoisotopic (exact) mass is 207 g/mol. The van der Waals surface area contributed by atoms with E-state index in [1.807, 2.05) is 0 Å². The quantitative estimate of drug-likeness (QED) is 0.328. The highest BCUT2D eigenvalue weighted by Crippen LogP contribution is 2.33. The maximum Gasteiger partial charge on any atom is 0.314 e. The number of benzene rings is 1. The summed E-state index contributed by atoms with van der Waals surface area (Å²) in [5.74, 6) is -0.409. The third kappa shape index (κ3) is 2.12. The van der Waals surface area contributed by atoms with Crippen LogP contribution in [0.25, 0.3) is 0 Å². The van der Waals surface area contributed by atoms with Crippen LogP contribution < -0.4 is 4.74 Å². The SMILES string of the molecule is O=C(Oc1ccccc1[N+](=O)[O-])C1CC1. The summed E-state index contributed by atoms with van der Waals surface area (Å²) in [6.45, 7) is 0. The van der Waals surface area contributed by atoms with Crippen LogP contribution in [0.5, 0.6) is 5.75 Å². The van der Waals surface area contributed by atoms with Gasteiger partial charge in [0.1, 0.15) is 0 Å².